The van der Waals surface area contributed by atoms with Gasteiger partial charge in [-0.05, 0) is 36.6 Å². The maximum atomic E-state index is 13.5. The molecular formula is C17H17FN2O3. The molecule has 2 unspecified atom stereocenters. The molecule has 0 bridgehead atoms. The van der Waals surface area contributed by atoms with Crippen LogP contribution in [0, 0.1) is 12.7 Å². The molecule has 120 valence electrons. The van der Waals surface area contributed by atoms with Crippen molar-refractivity contribution in [3.63, 3.8) is 0 Å². The van der Waals surface area contributed by atoms with E-state index in [-0.39, 0.29) is 29.9 Å². The van der Waals surface area contributed by atoms with Gasteiger partial charge in [-0.15, -0.1) is 0 Å². The molecule has 2 atom stereocenters. The van der Waals surface area contributed by atoms with E-state index in [4.69, 9.17) is 0 Å². The van der Waals surface area contributed by atoms with Gasteiger partial charge in [0.1, 0.15) is 5.82 Å². The lowest BCUT2D eigenvalue weighted by atomic mass is 10.0. The van der Waals surface area contributed by atoms with E-state index in [1.54, 1.807) is 19.1 Å². The lowest BCUT2D eigenvalue weighted by Gasteiger charge is -2.25. The minimum atomic E-state index is -0.657. The molecule has 1 aliphatic heterocycles. The quantitative estimate of drug-likeness (QED) is 0.887. The maximum Gasteiger partial charge on any atom is 0.256 e. The number of H-pyrrole nitrogens is 1. The number of aliphatic hydroxyl groups is 1. The summed E-state index contributed by atoms with van der Waals surface area (Å²) in [6.45, 7) is 1.87. The number of nitrogens with zero attached hydrogens (tertiary/aromatic N) is 1. The Morgan fingerprint density at radius 1 is 1.39 bits per heavy atom. The number of aliphatic hydroxyl groups excluding tert-OH is 1. The van der Waals surface area contributed by atoms with E-state index in [2.05, 4.69) is 4.98 Å². The summed E-state index contributed by atoms with van der Waals surface area (Å²) < 4.78 is 13.5. The van der Waals surface area contributed by atoms with Gasteiger partial charge in [0.15, 0.2) is 0 Å². The molecule has 0 saturated carbocycles. The van der Waals surface area contributed by atoms with Crippen LogP contribution in [0.3, 0.4) is 0 Å². The fourth-order valence-electron chi connectivity index (χ4n) is 3.03. The minimum Gasteiger partial charge on any atom is -0.391 e. The second-order valence-electron chi connectivity index (χ2n) is 5.81. The maximum absolute atomic E-state index is 13.5. The molecule has 5 nitrogen and oxygen atoms in total. The smallest absolute Gasteiger partial charge is 0.256 e. The summed E-state index contributed by atoms with van der Waals surface area (Å²) in [4.78, 5) is 28.1. The zero-order valence-electron chi connectivity index (χ0n) is 12.6. The van der Waals surface area contributed by atoms with Crippen LogP contribution in [0.2, 0.25) is 0 Å². The number of aromatic amines is 1. The van der Waals surface area contributed by atoms with Crippen molar-refractivity contribution in [2.45, 2.75) is 25.5 Å². The van der Waals surface area contributed by atoms with E-state index in [1.165, 1.54) is 29.3 Å². The van der Waals surface area contributed by atoms with Gasteiger partial charge < -0.3 is 15.0 Å². The predicted octanol–water partition coefficient (Wildman–Crippen LogP) is 1.77. The van der Waals surface area contributed by atoms with Gasteiger partial charge in [-0.2, -0.15) is 0 Å². The minimum absolute atomic E-state index is 0.179. The zero-order chi connectivity index (χ0) is 16.6. The fourth-order valence-corrected chi connectivity index (χ4v) is 3.03. The van der Waals surface area contributed by atoms with E-state index in [0.29, 0.717) is 23.1 Å². The number of β-amino-alcohol motifs (C(OH)–C–C–N with tert-alkyl or cyclic N) is 1. The first kappa shape index (κ1) is 15.4. The number of carbonyl (C=O) groups is 1. The molecule has 1 aromatic carbocycles. The van der Waals surface area contributed by atoms with E-state index < -0.39 is 6.10 Å². The van der Waals surface area contributed by atoms with Gasteiger partial charge >= 0.3 is 0 Å². The van der Waals surface area contributed by atoms with Gasteiger partial charge in [0.05, 0.1) is 17.7 Å². The second-order valence-corrected chi connectivity index (χ2v) is 5.81. The van der Waals surface area contributed by atoms with Gasteiger partial charge in [0.2, 0.25) is 5.56 Å². The van der Waals surface area contributed by atoms with Crippen LogP contribution in [0.25, 0.3) is 0 Å². The molecule has 6 heteroatoms. The highest BCUT2D eigenvalue weighted by molar-refractivity contribution is 5.95. The molecule has 0 aliphatic carbocycles. The summed E-state index contributed by atoms with van der Waals surface area (Å²) in [5.41, 5.74) is 1.32. The van der Waals surface area contributed by atoms with Gasteiger partial charge in [0, 0.05) is 18.8 Å². The topological polar surface area (TPSA) is 73.4 Å². The van der Waals surface area contributed by atoms with E-state index in [9.17, 15) is 19.1 Å². The first-order chi connectivity index (χ1) is 11.0. The Bertz CT molecular complexity index is 802. The average Bonchev–Trinajstić information content (AvgIpc) is 2.89. The Kier molecular flexibility index (Phi) is 4.00. The molecule has 1 aromatic heterocycles. The van der Waals surface area contributed by atoms with Crippen molar-refractivity contribution >= 4 is 5.91 Å². The van der Waals surface area contributed by atoms with Gasteiger partial charge in [-0.25, -0.2) is 4.39 Å². The van der Waals surface area contributed by atoms with Crippen molar-refractivity contribution in [2.75, 3.05) is 6.54 Å². The Morgan fingerprint density at radius 3 is 2.87 bits per heavy atom. The molecule has 1 fully saturated rings. The number of likely N-dealkylation sites (tertiary alicyclic amines) is 1. The molecule has 0 radical (unpaired) electrons. The fraction of sp³-hybridized carbons (Fsp3) is 0.294. The number of rotatable bonds is 2. The number of hydrogen-bond acceptors (Lipinski definition) is 3. The second kappa shape index (κ2) is 5.96. The Hall–Kier alpha value is -2.47. The monoisotopic (exact) mass is 316 g/mol. The van der Waals surface area contributed by atoms with Crippen LogP contribution >= 0.6 is 0 Å². The average molecular weight is 316 g/mol. The Balaban J connectivity index is 1.96. The number of nitrogens with one attached hydrogen (secondary N) is 1. The van der Waals surface area contributed by atoms with Crippen LogP contribution in [-0.4, -0.2) is 33.5 Å². The molecule has 3 rings (SSSR count). The van der Waals surface area contributed by atoms with E-state index in [0.717, 1.165) is 0 Å². The van der Waals surface area contributed by atoms with Crippen molar-refractivity contribution < 1.29 is 14.3 Å². The van der Waals surface area contributed by atoms with Gasteiger partial charge in [0.25, 0.3) is 5.91 Å². The van der Waals surface area contributed by atoms with Gasteiger partial charge in [-0.3, -0.25) is 9.59 Å². The van der Waals surface area contributed by atoms with Crippen LogP contribution < -0.4 is 5.56 Å². The first-order valence-corrected chi connectivity index (χ1v) is 7.39. The number of pyridine rings is 1. The Labute approximate surface area is 132 Å². The SMILES string of the molecule is Cc1cc(=O)[nH]cc1C(=O)N1CC(O)CC1c1cccc(F)c1. The molecular weight excluding hydrogens is 299 g/mol. The van der Waals surface area contributed by atoms with Crippen LogP contribution in [0.5, 0.6) is 0 Å². The van der Waals surface area contributed by atoms with Crippen molar-refractivity contribution in [1.29, 1.82) is 0 Å². The van der Waals surface area contributed by atoms with Gasteiger partial charge in [-0.1, -0.05) is 12.1 Å². The number of aromatic nitrogens is 1. The number of aryl methyl sites for hydroxylation is 1. The highest BCUT2D eigenvalue weighted by Gasteiger charge is 2.36. The lowest BCUT2D eigenvalue weighted by Crippen LogP contribution is -2.32. The molecule has 1 amide bonds. The third-order valence-electron chi connectivity index (χ3n) is 4.13. The standard InChI is InChI=1S/C17H17FN2O3/c1-10-5-16(22)19-8-14(10)17(23)20-9-13(21)7-15(20)11-3-2-4-12(18)6-11/h2-6,8,13,15,21H,7,9H2,1H3,(H,19,22). The molecule has 2 heterocycles. The van der Waals surface area contributed by atoms with E-state index >= 15 is 0 Å². The Morgan fingerprint density at radius 2 is 2.17 bits per heavy atom. The molecule has 1 saturated heterocycles. The lowest BCUT2D eigenvalue weighted by molar-refractivity contribution is 0.0714. The van der Waals surface area contributed by atoms with Crippen molar-refractivity contribution in [1.82, 2.24) is 9.88 Å². The van der Waals surface area contributed by atoms with Crippen molar-refractivity contribution in [2.24, 2.45) is 0 Å². The zero-order valence-corrected chi connectivity index (χ0v) is 12.6. The predicted molar refractivity (Wildman–Crippen MR) is 82.6 cm³/mol. The number of hydrogen-bond donors (Lipinski definition) is 2. The molecule has 23 heavy (non-hydrogen) atoms. The van der Waals surface area contributed by atoms with Crippen LogP contribution in [0.15, 0.2) is 41.3 Å². The normalized spacial score (nSPS) is 20.7. The summed E-state index contributed by atoms with van der Waals surface area (Å²) in [5.74, 6) is -0.666. The number of benzene rings is 1. The highest BCUT2D eigenvalue weighted by atomic mass is 19.1. The number of halogens is 1. The van der Waals surface area contributed by atoms with Crippen molar-refractivity contribution in [3.8, 4) is 0 Å². The molecule has 0 spiro atoms. The largest absolute Gasteiger partial charge is 0.391 e. The van der Waals surface area contributed by atoms with E-state index in [1.807, 2.05) is 0 Å². The highest BCUT2D eigenvalue weighted by Crippen LogP contribution is 2.33. The molecule has 1 aliphatic rings. The summed E-state index contributed by atoms with van der Waals surface area (Å²) in [7, 11) is 0. The van der Waals surface area contributed by atoms with Crippen LogP contribution in [-0.2, 0) is 0 Å². The summed E-state index contributed by atoms with van der Waals surface area (Å²) in [6, 6.07) is 7.02. The third-order valence-corrected chi connectivity index (χ3v) is 4.13. The number of amides is 1. The molecule has 2 N–H and O–H groups in total. The van der Waals surface area contributed by atoms with Crippen molar-refractivity contribution in [3.05, 3.63) is 69.4 Å². The molecule has 2 aromatic rings. The third kappa shape index (κ3) is 3.03. The summed E-state index contributed by atoms with van der Waals surface area (Å²) in [5, 5.41) is 9.96. The van der Waals surface area contributed by atoms with Crippen LogP contribution in [0.1, 0.15) is 33.9 Å². The first-order valence-electron chi connectivity index (χ1n) is 7.39. The van der Waals surface area contributed by atoms with Crippen LogP contribution in [0.4, 0.5) is 4.39 Å². The summed E-state index contributed by atoms with van der Waals surface area (Å²) >= 11 is 0. The number of carbonyl (C=O) groups excluding carboxylic acids is 1. The summed E-state index contributed by atoms with van der Waals surface area (Å²) in [6.07, 6.45) is 1.08.